The van der Waals surface area contributed by atoms with E-state index in [1.807, 2.05) is 6.20 Å². The number of likely N-dealkylation sites (tertiary alicyclic amines) is 2. The predicted molar refractivity (Wildman–Crippen MR) is 298 cm³/mol. The second-order valence-electron chi connectivity index (χ2n) is 25.1. The Morgan fingerprint density at radius 1 is 0.974 bits per heavy atom. The van der Waals surface area contributed by atoms with E-state index in [0.29, 0.717) is 44.3 Å². The summed E-state index contributed by atoms with van der Waals surface area (Å²) >= 11 is 1.49. The molecule has 8 aliphatic rings. The van der Waals surface area contributed by atoms with Gasteiger partial charge in [-0.15, -0.1) is 11.3 Å². The quantitative estimate of drug-likeness (QED) is 0.108. The number of fused-ring (bicyclic) bond motifs is 6. The van der Waals surface area contributed by atoms with Crippen molar-refractivity contribution >= 4 is 51.6 Å². The summed E-state index contributed by atoms with van der Waals surface area (Å²) in [6, 6.07) is 7.83. The number of nitrogens with one attached hydrogen (secondary N) is 3. The van der Waals surface area contributed by atoms with Gasteiger partial charge in [0, 0.05) is 123 Å². The van der Waals surface area contributed by atoms with Crippen LogP contribution >= 0.6 is 11.3 Å². The van der Waals surface area contributed by atoms with Crippen molar-refractivity contribution in [1.82, 2.24) is 50.3 Å². The van der Waals surface area contributed by atoms with Gasteiger partial charge in [0.1, 0.15) is 18.1 Å². The number of hydrogen-bond donors (Lipinski definition) is 3. The average molecular weight is 1070 g/mol. The van der Waals surface area contributed by atoms with E-state index in [9.17, 15) is 19.2 Å². The number of piperazine rings is 1. The van der Waals surface area contributed by atoms with E-state index in [4.69, 9.17) is 19.4 Å². The fourth-order valence-corrected chi connectivity index (χ4v) is 14.7. The van der Waals surface area contributed by atoms with Crippen molar-refractivity contribution in [2.45, 2.75) is 155 Å². The number of thiazole rings is 1. The predicted octanol–water partition coefficient (Wildman–Crippen LogP) is 6.19. The van der Waals surface area contributed by atoms with Gasteiger partial charge in [-0.1, -0.05) is 33.8 Å². The van der Waals surface area contributed by atoms with Gasteiger partial charge in [-0.2, -0.15) is 0 Å². The Morgan fingerprint density at radius 2 is 1.77 bits per heavy atom. The van der Waals surface area contributed by atoms with Crippen LogP contribution in [-0.2, 0) is 48.0 Å². The first kappa shape index (κ1) is 52.7. The summed E-state index contributed by atoms with van der Waals surface area (Å²) in [4.78, 5) is 77.5. The minimum atomic E-state index is -0.949. The van der Waals surface area contributed by atoms with Crippen LogP contribution in [0.2, 0.25) is 0 Å². The number of methoxy groups -OCH3 is 1. The molecule has 2 unspecified atom stereocenters. The lowest BCUT2D eigenvalue weighted by Crippen LogP contribution is -2.62. The number of hydrogen-bond acceptors (Lipinski definition) is 14. The highest BCUT2D eigenvalue weighted by molar-refractivity contribution is 7.10. The topological polar surface area (TPSA) is 180 Å². The molecule has 414 valence electrons. The van der Waals surface area contributed by atoms with Gasteiger partial charge in [-0.05, 0) is 114 Å². The smallest absolute Gasteiger partial charge is 0.324 e. The Morgan fingerprint density at radius 3 is 2.51 bits per heavy atom. The Labute approximate surface area is 458 Å². The molecule has 1 spiro atoms. The second kappa shape index (κ2) is 20.9. The Kier molecular flexibility index (Phi) is 14.3. The summed E-state index contributed by atoms with van der Waals surface area (Å²) in [5.41, 5.74) is 10.8. The number of anilines is 1. The molecule has 2 saturated carbocycles. The third kappa shape index (κ3) is 10.6. The summed E-state index contributed by atoms with van der Waals surface area (Å²) in [5.74, 6) is -0.0504. The second-order valence-corrected chi connectivity index (χ2v) is 26.1. The lowest BCUT2D eigenvalue weighted by Gasteiger charge is -2.37. The normalized spacial score (nSPS) is 28.1. The molecule has 3 N–H and O–H groups in total. The number of carbonyl (C=O) groups excluding carboxylic acids is 4. The van der Waals surface area contributed by atoms with Gasteiger partial charge in [0.15, 0.2) is 0 Å². The van der Waals surface area contributed by atoms with E-state index >= 15 is 0 Å². The van der Waals surface area contributed by atoms with Crippen LogP contribution in [0, 0.1) is 22.7 Å². The number of ether oxygens (including phenoxy) is 2. The molecular weight excluding hydrogens is 991 g/mol. The highest BCUT2D eigenvalue weighted by Crippen LogP contribution is 2.46. The molecular formula is C59H81N11O6S. The van der Waals surface area contributed by atoms with Crippen molar-refractivity contribution in [3.8, 4) is 22.5 Å². The zero-order chi connectivity index (χ0) is 53.5. The van der Waals surface area contributed by atoms with Gasteiger partial charge in [-0.25, -0.2) is 10.4 Å². The van der Waals surface area contributed by atoms with Crippen molar-refractivity contribution in [1.29, 1.82) is 0 Å². The van der Waals surface area contributed by atoms with Crippen molar-refractivity contribution in [2.24, 2.45) is 22.7 Å². The highest BCUT2D eigenvalue weighted by atomic mass is 32.1. The van der Waals surface area contributed by atoms with E-state index < -0.39 is 29.5 Å². The van der Waals surface area contributed by atoms with Crippen LogP contribution in [0.15, 0.2) is 35.8 Å². The number of hydrazine groups is 1. The maximum absolute atomic E-state index is 14.9. The molecule has 0 radical (unpaired) electrons. The van der Waals surface area contributed by atoms with E-state index in [1.165, 1.54) is 42.0 Å². The SMILES string of the molecule is CCn1c(-c2cc(N3CCN(C4CC4)CC3)cnc2[C@H](C)OC)c2c3cc(ccc31)-c1csc(n1)C[C@H](NC(=O)C(C(C)C)N1CC[C@]3(CCN(C(=O)[C@@H]4NC4C4CC4)C3)C1)C(=O)N1CCC[C@H](N1)C(=O)OCC(C)(C)C2. The molecule has 7 atom stereocenters. The molecule has 1 aromatic carbocycles. The molecule has 3 amide bonds. The van der Waals surface area contributed by atoms with Crippen molar-refractivity contribution < 1.29 is 28.7 Å². The van der Waals surface area contributed by atoms with Crippen LogP contribution < -0.4 is 21.0 Å². The molecule has 7 fully saturated rings. The number of benzene rings is 1. The number of aromatic nitrogens is 3. The summed E-state index contributed by atoms with van der Waals surface area (Å²) in [7, 11) is 1.74. The number of esters is 1. The third-order valence-corrected chi connectivity index (χ3v) is 19.4. The van der Waals surface area contributed by atoms with Gasteiger partial charge in [0.2, 0.25) is 11.8 Å². The maximum Gasteiger partial charge on any atom is 0.324 e. The van der Waals surface area contributed by atoms with Crippen LogP contribution in [0.4, 0.5) is 5.69 Å². The lowest BCUT2D eigenvalue weighted by atomic mass is 9.84. The summed E-state index contributed by atoms with van der Waals surface area (Å²) in [6.07, 6.45) is 10.5. The van der Waals surface area contributed by atoms with Crippen LogP contribution in [-0.4, -0.2) is 167 Å². The molecule has 2 aliphatic carbocycles. The molecule has 6 aliphatic heterocycles. The number of carbonyl (C=O) groups is 4. The van der Waals surface area contributed by atoms with Gasteiger partial charge in [0.05, 0.1) is 52.7 Å². The first-order valence-corrected chi connectivity index (χ1v) is 29.9. The molecule has 77 heavy (non-hydrogen) atoms. The highest BCUT2D eigenvalue weighted by Gasteiger charge is 2.55. The molecule has 3 aromatic heterocycles. The Balaban J connectivity index is 0.859. The van der Waals surface area contributed by atoms with Crippen LogP contribution in [0.3, 0.4) is 0 Å². The van der Waals surface area contributed by atoms with Crippen molar-refractivity contribution in [3.05, 3.63) is 52.1 Å². The number of nitrogens with zero attached hydrogens (tertiary/aromatic N) is 8. The zero-order valence-corrected chi connectivity index (χ0v) is 47.3. The lowest BCUT2D eigenvalue weighted by molar-refractivity contribution is -0.155. The van der Waals surface area contributed by atoms with Crippen molar-refractivity contribution in [2.75, 3.05) is 77.5 Å². The minimum Gasteiger partial charge on any atom is -0.464 e. The van der Waals surface area contributed by atoms with Crippen LogP contribution in [0.5, 0.6) is 0 Å². The molecule has 17 nitrogen and oxygen atoms in total. The van der Waals surface area contributed by atoms with E-state index in [0.717, 1.165) is 127 Å². The van der Waals surface area contributed by atoms with E-state index in [-0.39, 0.29) is 54.2 Å². The first-order chi connectivity index (χ1) is 37.1. The molecule has 4 aromatic rings. The molecule has 18 heteroatoms. The van der Waals surface area contributed by atoms with Gasteiger partial charge >= 0.3 is 5.97 Å². The first-order valence-electron chi connectivity index (χ1n) is 29.1. The largest absolute Gasteiger partial charge is 0.464 e. The van der Waals surface area contributed by atoms with Gasteiger partial charge < -0.3 is 29.2 Å². The Bertz CT molecular complexity index is 2900. The van der Waals surface area contributed by atoms with Crippen LogP contribution in [0.1, 0.15) is 115 Å². The molecule has 6 bridgehead atoms. The number of aryl methyl sites for hydroxylation is 1. The van der Waals surface area contributed by atoms with E-state index in [2.05, 4.69) is 111 Å². The molecule has 9 heterocycles. The monoisotopic (exact) mass is 1070 g/mol. The summed E-state index contributed by atoms with van der Waals surface area (Å²) < 4.78 is 14.7. The van der Waals surface area contributed by atoms with E-state index in [1.54, 1.807) is 7.11 Å². The summed E-state index contributed by atoms with van der Waals surface area (Å²) in [6.45, 7) is 20.9. The fourth-order valence-electron chi connectivity index (χ4n) is 13.8. The number of cyclic esters (lactones) is 1. The standard InChI is InChI=1S/C59H81N11O6S/c1-8-69-47-16-13-38-26-41(47)43(53(69)42-27-40(30-60-49(42)36(4)75-7)66-24-22-65(23-25-66)39-14-15-39)29-58(5,6)34-76-57(74)44-10-9-19-70(64-44)55(72)45(28-48-61-46(38)31-77-48)62-54(71)52(35(2)3)67-20-17-59(32-67)18-21-68(33-59)56(73)51-50(63-51)37-11-12-37/h13,16,26-27,30-31,35-37,39,44-45,50-52,63-64H,8-12,14-15,17-25,28-29,32-34H2,1-7H3,(H,62,71)/t36-,44-,45-,50?,51+,52?,59-/m0/s1. The Hall–Kier alpha value is -4.98. The minimum absolute atomic E-state index is 0.0338. The van der Waals surface area contributed by atoms with Gasteiger partial charge in [0.25, 0.3) is 5.91 Å². The maximum atomic E-state index is 14.9. The zero-order valence-electron chi connectivity index (χ0n) is 46.4. The van der Waals surface area contributed by atoms with Gasteiger partial charge in [-0.3, -0.25) is 44.3 Å². The fraction of sp³-hybridized carbons (Fsp3) is 0.661. The molecule has 12 rings (SSSR count). The van der Waals surface area contributed by atoms with Crippen molar-refractivity contribution in [3.63, 3.8) is 0 Å². The summed E-state index contributed by atoms with van der Waals surface area (Å²) in [5, 5.41) is 12.1. The molecule has 5 saturated heterocycles. The number of pyridine rings is 1. The number of rotatable bonds is 12. The van der Waals surface area contributed by atoms with Crippen LogP contribution in [0.25, 0.3) is 33.4 Å². The number of amides is 3. The third-order valence-electron chi connectivity index (χ3n) is 18.5. The average Bonchev–Trinajstić information content (AvgIpc) is 4.43.